The molecule has 0 bridgehead atoms. The first-order valence-electron chi connectivity index (χ1n) is 8.84. The van der Waals surface area contributed by atoms with E-state index in [1.165, 1.54) is 27.7 Å². The van der Waals surface area contributed by atoms with Crippen LogP contribution in [0.15, 0.2) is 36.8 Å². The Balaban J connectivity index is 1.93. The zero-order valence-corrected chi connectivity index (χ0v) is 14.6. The van der Waals surface area contributed by atoms with Crippen molar-refractivity contribution in [1.82, 2.24) is 15.0 Å². The van der Waals surface area contributed by atoms with Gasteiger partial charge in [-0.1, -0.05) is 26.3 Å². The van der Waals surface area contributed by atoms with Crippen molar-refractivity contribution in [2.24, 2.45) is 5.92 Å². The van der Waals surface area contributed by atoms with Crippen molar-refractivity contribution in [3.8, 4) is 0 Å². The highest BCUT2D eigenvalue weighted by atomic mass is 15.2. The van der Waals surface area contributed by atoms with Crippen LogP contribution in [-0.4, -0.2) is 28.5 Å². The number of aromatic amines is 1. The molecule has 0 saturated heterocycles. The zero-order valence-electron chi connectivity index (χ0n) is 14.6. The fraction of sp³-hybridized carbons (Fsp3) is 0.400. The van der Waals surface area contributed by atoms with E-state index in [4.69, 9.17) is 0 Å². The first kappa shape index (κ1) is 15.2. The first-order valence-corrected chi connectivity index (χ1v) is 8.84. The summed E-state index contributed by atoms with van der Waals surface area (Å²) in [6, 6.07) is 8.96. The second kappa shape index (κ2) is 5.93. The van der Waals surface area contributed by atoms with Gasteiger partial charge in [-0.15, -0.1) is 0 Å². The first-order chi connectivity index (χ1) is 11.7. The van der Waals surface area contributed by atoms with Gasteiger partial charge in [0.2, 0.25) is 0 Å². The number of hydrogen-bond donors (Lipinski definition) is 1. The van der Waals surface area contributed by atoms with Crippen LogP contribution in [0.4, 0.5) is 5.82 Å². The lowest BCUT2D eigenvalue weighted by Gasteiger charge is -2.39. The Morgan fingerprint density at radius 2 is 2.08 bits per heavy atom. The Labute approximate surface area is 142 Å². The van der Waals surface area contributed by atoms with Gasteiger partial charge in [-0.25, -0.2) is 9.97 Å². The summed E-state index contributed by atoms with van der Waals surface area (Å²) in [6.45, 7) is 5.52. The Hall–Kier alpha value is -2.36. The van der Waals surface area contributed by atoms with Crippen molar-refractivity contribution < 1.29 is 0 Å². The molecule has 0 radical (unpaired) electrons. The van der Waals surface area contributed by atoms with E-state index in [2.05, 4.69) is 65.0 Å². The topological polar surface area (TPSA) is 44.8 Å². The van der Waals surface area contributed by atoms with Crippen LogP contribution in [0.1, 0.15) is 43.0 Å². The van der Waals surface area contributed by atoms with Gasteiger partial charge in [-0.05, 0) is 41.5 Å². The standard InChI is InChI=1S/C20H24N4/c1-4-13-11-24(3)20-19(16(5-2)22-12-23-20)18(13)15-6-7-17-14(10-15)8-9-21-17/h6-10,12-13,18,21H,4-5,11H2,1-3H3. The highest BCUT2D eigenvalue weighted by Crippen LogP contribution is 2.44. The van der Waals surface area contributed by atoms with Crippen molar-refractivity contribution in [2.75, 3.05) is 18.5 Å². The fourth-order valence-electron chi connectivity index (χ4n) is 4.17. The molecule has 24 heavy (non-hydrogen) atoms. The molecule has 1 aliphatic rings. The molecule has 2 aromatic heterocycles. The molecule has 4 nitrogen and oxygen atoms in total. The third-order valence-electron chi connectivity index (χ3n) is 5.39. The quantitative estimate of drug-likeness (QED) is 0.789. The maximum atomic E-state index is 4.61. The van der Waals surface area contributed by atoms with E-state index < -0.39 is 0 Å². The molecule has 0 saturated carbocycles. The van der Waals surface area contributed by atoms with Crippen molar-refractivity contribution in [2.45, 2.75) is 32.6 Å². The third kappa shape index (κ3) is 2.29. The Bertz CT molecular complexity index is 867. The van der Waals surface area contributed by atoms with Crippen molar-refractivity contribution in [3.05, 3.63) is 53.6 Å². The number of nitrogens with one attached hydrogen (secondary N) is 1. The van der Waals surface area contributed by atoms with E-state index in [-0.39, 0.29) is 0 Å². The van der Waals surface area contributed by atoms with E-state index in [9.17, 15) is 0 Å². The van der Waals surface area contributed by atoms with Crippen LogP contribution in [0.25, 0.3) is 10.9 Å². The van der Waals surface area contributed by atoms with Crippen LogP contribution in [-0.2, 0) is 6.42 Å². The third-order valence-corrected chi connectivity index (χ3v) is 5.39. The summed E-state index contributed by atoms with van der Waals surface area (Å²) < 4.78 is 0. The van der Waals surface area contributed by atoms with E-state index in [0.29, 0.717) is 11.8 Å². The number of H-pyrrole nitrogens is 1. The molecule has 4 heteroatoms. The summed E-state index contributed by atoms with van der Waals surface area (Å²) in [7, 11) is 2.15. The number of aryl methyl sites for hydroxylation is 1. The molecule has 0 amide bonds. The van der Waals surface area contributed by atoms with Crippen LogP contribution < -0.4 is 4.90 Å². The second-order valence-corrected chi connectivity index (χ2v) is 6.76. The minimum Gasteiger partial charge on any atom is -0.361 e. The van der Waals surface area contributed by atoms with E-state index in [1.807, 2.05) is 6.20 Å². The lowest BCUT2D eigenvalue weighted by Crippen LogP contribution is -2.37. The zero-order chi connectivity index (χ0) is 16.7. The minimum absolute atomic E-state index is 0.372. The number of rotatable bonds is 3. The van der Waals surface area contributed by atoms with Crippen molar-refractivity contribution in [3.63, 3.8) is 0 Å². The van der Waals surface area contributed by atoms with Crippen LogP contribution in [0.3, 0.4) is 0 Å². The van der Waals surface area contributed by atoms with Gasteiger partial charge in [0, 0.05) is 42.5 Å². The normalized spacial score (nSPS) is 20.4. The smallest absolute Gasteiger partial charge is 0.135 e. The fourth-order valence-corrected chi connectivity index (χ4v) is 4.17. The molecule has 2 atom stereocenters. The lowest BCUT2D eigenvalue weighted by molar-refractivity contribution is 0.430. The summed E-state index contributed by atoms with van der Waals surface area (Å²) >= 11 is 0. The summed E-state index contributed by atoms with van der Waals surface area (Å²) in [4.78, 5) is 14.8. The van der Waals surface area contributed by atoms with Crippen molar-refractivity contribution >= 4 is 16.7 Å². The number of nitrogens with zero attached hydrogens (tertiary/aromatic N) is 3. The van der Waals surface area contributed by atoms with Crippen LogP contribution in [0.5, 0.6) is 0 Å². The van der Waals surface area contributed by atoms with Gasteiger partial charge >= 0.3 is 0 Å². The van der Waals surface area contributed by atoms with E-state index in [1.54, 1.807) is 6.33 Å². The highest BCUT2D eigenvalue weighted by molar-refractivity contribution is 5.80. The predicted molar refractivity (Wildman–Crippen MR) is 98.6 cm³/mol. The van der Waals surface area contributed by atoms with E-state index in [0.717, 1.165) is 25.2 Å². The van der Waals surface area contributed by atoms with Crippen LogP contribution in [0, 0.1) is 5.92 Å². The maximum absolute atomic E-state index is 4.61. The Morgan fingerprint density at radius 3 is 2.88 bits per heavy atom. The van der Waals surface area contributed by atoms with Crippen molar-refractivity contribution in [1.29, 1.82) is 0 Å². The molecule has 4 rings (SSSR count). The molecule has 3 heterocycles. The van der Waals surface area contributed by atoms with Gasteiger partial charge in [-0.3, -0.25) is 0 Å². The van der Waals surface area contributed by atoms with Gasteiger partial charge < -0.3 is 9.88 Å². The summed E-state index contributed by atoms with van der Waals surface area (Å²) in [5, 5.41) is 1.28. The Kier molecular flexibility index (Phi) is 3.75. The molecule has 3 aromatic rings. The lowest BCUT2D eigenvalue weighted by atomic mass is 9.75. The number of anilines is 1. The van der Waals surface area contributed by atoms with Gasteiger partial charge in [0.05, 0.1) is 0 Å². The highest BCUT2D eigenvalue weighted by Gasteiger charge is 2.35. The maximum Gasteiger partial charge on any atom is 0.135 e. The summed E-state index contributed by atoms with van der Waals surface area (Å²) in [5.41, 5.74) is 5.09. The molecule has 1 N–H and O–H groups in total. The van der Waals surface area contributed by atoms with Gasteiger partial charge in [0.1, 0.15) is 12.1 Å². The molecule has 2 unspecified atom stereocenters. The molecule has 1 aliphatic heterocycles. The van der Waals surface area contributed by atoms with E-state index >= 15 is 0 Å². The molecule has 0 fully saturated rings. The van der Waals surface area contributed by atoms with Gasteiger partial charge in [-0.2, -0.15) is 0 Å². The molecular formula is C20H24N4. The van der Waals surface area contributed by atoms with Crippen LogP contribution >= 0.6 is 0 Å². The average Bonchev–Trinajstić information content (AvgIpc) is 3.08. The largest absolute Gasteiger partial charge is 0.361 e. The summed E-state index contributed by atoms with van der Waals surface area (Å²) in [6.07, 6.45) is 5.82. The average molecular weight is 320 g/mol. The summed E-state index contributed by atoms with van der Waals surface area (Å²) in [5.74, 6) is 2.05. The molecule has 0 aliphatic carbocycles. The van der Waals surface area contributed by atoms with Gasteiger partial charge in [0.15, 0.2) is 0 Å². The monoisotopic (exact) mass is 320 g/mol. The molecule has 0 spiro atoms. The predicted octanol–water partition coefficient (Wildman–Crippen LogP) is 4.13. The SMILES string of the molecule is CCc1ncnc2c1C(c1ccc3[nH]ccc3c1)C(CC)CN2C. The Morgan fingerprint density at radius 1 is 1.21 bits per heavy atom. The van der Waals surface area contributed by atoms with Crippen LogP contribution in [0.2, 0.25) is 0 Å². The van der Waals surface area contributed by atoms with Gasteiger partial charge in [0.25, 0.3) is 0 Å². The number of aromatic nitrogens is 3. The molecular weight excluding hydrogens is 296 g/mol. The number of fused-ring (bicyclic) bond motifs is 2. The minimum atomic E-state index is 0.372. The molecule has 1 aromatic carbocycles. The number of hydrogen-bond acceptors (Lipinski definition) is 3. The molecule has 124 valence electrons. The number of benzene rings is 1. The second-order valence-electron chi connectivity index (χ2n) is 6.76.